The third-order valence-electron chi connectivity index (χ3n) is 5.30. The molecule has 0 aliphatic rings. The molecule has 0 aliphatic heterocycles. The molecule has 0 atom stereocenters. The van der Waals surface area contributed by atoms with Crippen LogP contribution in [0.4, 0.5) is 0 Å². The Kier molecular flexibility index (Phi) is 9.04. The first kappa shape index (κ1) is 24.8. The number of allylic oxidation sites excluding steroid dienone is 1. The van der Waals surface area contributed by atoms with Gasteiger partial charge >= 0.3 is 0 Å². The quantitative estimate of drug-likeness (QED) is 0.196. The molecule has 176 valence electrons. The minimum absolute atomic E-state index is 0.0105. The maximum absolute atomic E-state index is 12.3. The van der Waals surface area contributed by atoms with Gasteiger partial charge in [0.1, 0.15) is 17.2 Å². The van der Waals surface area contributed by atoms with E-state index in [-0.39, 0.29) is 17.3 Å². The molecule has 0 spiro atoms. The summed E-state index contributed by atoms with van der Waals surface area (Å²) < 4.78 is 11.6. The molecule has 5 nitrogen and oxygen atoms in total. The van der Waals surface area contributed by atoms with Crippen LogP contribution in [0.2, 0.25) is 0 Å². The highest BCUT2D eigenvalue weighted by Gasteiger charge is 2.15. The molecule has 0 bridgehead atoms. The summed E-state index contributed by atoms with van der Waals surface area (Å²) in [6.45, 7) is 4.31. The molecule has 1 N–H and O–H groups in total. The summed E-state index contributed by atoms with van der Waals surface area (Å²) in [6, 6.07) is 20.1. The number of carbonyl (C=O) groups is 2. The Labute approximate surface area is 200 Å². The smallest absolute Gasteiger partial charge is 0.185 e. The normalized spacial score (nSPS) is 10.9. The minimum atomic E-state index is -0.172. The molecule has 0 radical (unpaired) electrons. The van der Waals surface area contributed by atoms with Crippen molar-refractivity contribution in [2.75, 3.05) is 13.2 Å². The molecule has 0 heterocycles. The predicted molar refractivity (Wildman–Crippen MR) is 134 cm³/mol. The number of carbonyl (C=O) groups excluding carboxylic acids is 2. The van der Waals surface area contributed by atoms with E-state index in [0.717, 1.165) is 12.0 Å². The lowest BCUT2D eigenvalue weighted by molar-refractivity contribution is 0.101. The van der Waals surface area contributed by atoms with Gasteiger partial charge in [0.15, 0.2) is 11.6 Å². The Hall–Kier alpha value is -3.86. The number of ether oxygens (including phenoxy) is 2. The fourth-order valence-corrected chi connectivity index (χ4v) is 3.51. The minimum Gasteiger partial charge on any atom is -0.507 e. The van der Waals surface area contributed by atoms with E-state index in [1.165, 1.54) is 6.92 Å². The SMILES string of the molecule is CCCc1c(OCCCOc2ccc(C(=O)/C=C/c3ccccc3)cc2)ccc(C(C)=O)c1O. The van der Waals surface area contributed by atoms with Crippen LogP contribution in [0.25, 0.3) is 6.08 Å². The number of phenolic OH excluding ortho intramolecular Hbond substituents is 1. The first-order valence-corrected chi connectivity index (χ1v) is 11.5. The maximum Gasteiger partial charge on any atom is 0.185 e. The van der Waals surface area contributed by atoms with Crippen LogP contribution in [0.3, 0.4) is 0 Å². The highest BCUT2D eigenvalue weighted by atomic mass is 16.5. The van der Waals surface area contributed by atoms with Gasteiger partial charge in [-0.15, -0.1) is 0 Å². The first-order chi connectivity index (χ1) is 16.5. The number of phenols is 1. The standard InChI is InChI=1S/C29H30O5/c1-3-8-26-28(18-16-25(21(2)30)29(26)32)34-20-7-19-33-24-14-12-23(13-15-24)27(31)17-11-22-9-5-4-6-10-22/h4-6,9-18,32H,3,7-8,19-20H2,1-2H3/b17-11+. The largest absolute Gasteiger partial charge is 0.507 e. The Morgan fingerprint density at radius 1 is 0.912 bits per heavy atom. The summed E-state index contributed by atoms with van der Waals surface area (Å²) in [7, 11) is 0. The third kappa shape index (κ3) is 6.82. The van der Waals surface area contributed by atoms with E-state index in [4.69, 9.17) is 9.47 Å². The van der Waals surface area contributed by atoms with Crippen LogP contribution in [0.5, 0.6) is 17.2 Å². The Bertz CT molecular complexity index is 1130. The third-order valence-corrected chi connectivity index (χ3v) is 5.30. The number of benzene rings is 3. The van der Waals surface area contributed by atoms with E-state index >= 15 is 0 Å². The second-order valence-electron chi connectivity index (χ2n) is 7.93. The average molecular weight is 459 g/mol. The van der Waals surface area contributed by atoms with Crippen molar-refractivity contribution < 1.29 is 24.2 Å². The molecule has 0 fully saturated rings. The zero-order valence-corrected chi connectivity index (χ0v) is 19.6. The van der Waals surface area contributed by atoms with Gasteiger partial charge in [-0.25, -0.2) is 0 Å². The summed E-state index contributed by atoms with van der Waals surface area (Å²) in [5.41, 5.74) is 2.55. The van der Waals surface area contributed by atoms with Crippen molar-refractivity contribution in [3.8, 4) is 17.2 Å². The summed E-state index contributed by atoms with van der Waals surface area (Å²) in [5.74, 6) is 1.05. The molecule has 34 heavy (non-hydrogen) atoms. The second kappa shape index (κ2) is 12.4. The van der Waals surface area contributed by atoms with Crippen LogP contribution in [0.15, 0.2) is 72.8 Å². The lowest BCUT2D eigenvalue weighted by atomic mass is 10.0. The molecule has 3 rings (SSSR count). The van der Waals surface area contributed by atoms with Crippen molar-refractivity contribution in [2.24, 2.45) is 0 Å². The number of Topliss-reactive ketones (excluding diaryl/α,β-unsaturated/α-hetero) is 1. The first-order valence-electron chi connectivity index (χ1n) is 11.5. The van der Waals surface area contributed by atoms with Gasteiger partial charge in [-0.05, 0) is 61.4 Å². The van der Waals surface area contributed by atoms with Crippen molar-refractivity contribution in [1.29, 1.82) is 0 Å². The van der Waals surface area contributed by atoms with E-state index in [9.17, 15) is 14.7 Å². The Morgan fingerprint density at radius 3 is 2.29 bits per heavy atom. The van der Waals surface area contributed by atoms with E-state index < -0.39 is 0 Å². The summed E-state index contributed by atoms with van der Waals surface area (Å²) in [5, 5.41) is 10.4. The Balaban J connectivity index is 1.47. The zero-order chi connectivity index (χ0) is 24.3. The molecule has 0 saturated carbocycles. The van der Waals surface area contributed by atoms with Crippen LogP contribution in [-0.4, -0.2) is 29.9 Å². The van der Waals surface area contributed by atoms with Gasteiger partial charge in [-0.2, -0.15) is 0 Å². The van der Waals surface area contributed by atoms with E-state index in [1.54, 1.807) is 48.6 Å². The van der Waals surface area contributed by atoms with Crippen molar-refractivity contribution in [3.05, 3.63) is 95.1 Å². The van der Waals surface area contributed by atoms with Crippen molar-refractivity contribution in [3.63, 3.8) is 0 Å². The number of ketones is 2. The summed E-state index contributed by atoms with van der Waals surface area (Å²) in [4.78, 5) is 24.0. The molecular weight excluding hydrogens is 428 g/mol. The van der Waals surface area contributed by atoms with Gasteiger partial charge in [-0.3, -0.25) is 9.59 Å². The molecule has 0 aromatic heterocycles. The van der Waals surface area contributed by atoms with Crippen LogP contribution < -0.4 is 9.47 Å². The van der Waals surface area contributed by atoms with Crippen LogP contribution >= 0.6 is 0 Å². The van der Waals surface area contributed by atoms with E-state index in [2.05, 4.69) is 0 Å². The number of hydrogen-bond donors (Lipinski definition) is 1. The fraction of sp³-hybridized carbons (Fsp3) is 0.241. The summed E-state index contributed by atoms with van der Waals surface area (Å²) in [6.07, 6.45) is 5.46. The highest BCUT2D eigenvalue weighted by Crippen LogP contribution is 2.33. The topological polar surface area (TPSA) is 72.8 Å². The lowest BCUT2D eigenvalue weighted by Crippen LogP contribution is -2.07. The number of hydrogen-bond acceptors (Lipinski definition) is 5. The molecule has 0 saturated heterocycles. The monoisotopic (exact) mass is 458 g/mol. The highest BCUT2D eigenvalue weighted by molar-refractivity contribution is 6.06. The molecule has 0 unspecified atom stereocenters. The van der Waals surface area contributed by atoms with E-state index in [1.807, 2.05) is 37.3 Å². The van der Waals surface area contributed by atoms with Gasteiger partial charge in [-0.1, -0.05) is 49.8 Å². The summed E-state index contributed by atoms with van der Waals surface area (Å²) >= 11 is 0. The van der Waals surface area contributed by atoms with Gasteiger partial charge in [0.05, 0.1) is 18.8 Å². The second-order valence-corrected chi connectivity index (χ2v) is 7.93. The molecule has 3 aromatic rings. The van der Waals surface area contributed by atoms with E-state index in [0.29, 0.717) is 54.2 Å². The average Bonchev–Trinajstić information content (AvgIpc) is 2.85. The Morgan fingerprint density at radius 2 is 1.62 bits per heavy atom. The van der Waals surface area contributed by atoms with Crippen LogP contribution in [0.1, 0.15) is 58.5 Å². The molecule has 0 aliphatic carbocycles. The van der Waals surface area contributed by atoms with Crippen molar-refractivity contribution in [1.82, 2.24) is 0 Å². The van der Waals surface area contributed by atoms with Crippen molar-refractivity contribution >= 4 is 17.6 Å². The number of rotatable bonds is 12. The van der Waals surface area contributed by atoms with Gasteiger partial charge in [0, 0.05) is 17.5 Å². The van der Waals surface area contributed by atoms with Crippen molar-refractivity contribution in [2.45, 2.75) is 33.1 Å². The van der Waals surface area contributed by atoms with Crippen LogP contribution in [0, 0.1) is 0 Å². The molecule has 5 heteroatoms. The number of aromatic hydroxyl groups is 1. The lowest BCUT2D eigenvalue weighted by Gasteiger charge is -2.15. The molecule has 0 amide bonds. The van der Waals surface area contributed by atoms with Gasteiger partial charge in [0.25, 0.3) is 0 Å². The van der Waals surface area contributed by atoms with Gasteiger partial charge in [0.2, 0.25) is 0 Å². The fourth-order valence-electron chi connectivity index (χ4n) is 3.51. The maximum atomic E-state index is 12.3. The predicted octanol–water partition coefficient (Wildman–Crippen LogP) is 6.29. The van der Waals surface area contributed by atoms with Gasteiger partial charge < -0.3 is 14.6 Å². The molecule has 3 aromatic carbocycles. The molecular formula is C29H30O5. The zero-order valence-electron chi connectivity index (χ0n) is 19.6. The van der Waals surface area contributed by atoms with Crippen LogP contribution in [-0.2, 0) is 6.42 Å².